The molecule has 1 aliphatic carbocycles. The van der Waals surface area contributed by atoms with Crippen LogP contribution in [0.4, 0.5) is 0 Å². The van der Waals surface area contributed by atoms with Crippen molar-refractivity contribution in [2.75, 3.05) is 0 Å². The predicted octanol–water partition coefficient (Wildman–Crippen LogP) is 1.45. The van der Waals surface area contributed by atoms with E-state index < -0.39 is 12.2 Å². The van der Waals surface area contributed by atoms with Crippen molar-refractivity contribution in [1.29, 1.82) is 0 Å². The van der Waals surface area contributed by atoms with Gasteiger partial charge in [0, 0.05) is 12.0 Å². The molecule has 0 aromatic carbocycles. The van der Waals surface area contributed by atoms with Crippen molar-refractivity contribution in [2.24, 2.45) is 0 Å². The Bertz CT molecular complexity index is 403. The van der Waals surface area contributed by atoms with Gasteiger partial charge in [-0.05, 0) is 44.9 Å². The zero-order valence-electron chi connectivity index (χ0n) is 12.6. The molecular formula is C16H26O5. The Balaban J connectivity index is 1.87. The van der Waals surface area contributed by atoms with E-state index in [0.717, 1.165) is 12.8 Å². The molecular weight excluding hydrogens is 272 g/mol. The highest BCUT2D eigenvalue weighted by Gasteiger charge is 2.36. The summed E-state index contributed by atoms with van der Waals surface area (Å²) in [5.41, 5.74) is 0.610. The lowest BCUT2D eigenvalue weighted by molar-refractivity contribution is -0.120. The van der Waals surface area contributed by atoms with Crippen LogP contribution in [0.15, 0.2) is 11.3 Å². The smallest absolute Gasteiger partial charge is 0.162 e. The molecule has 120 valence electrons. The van der Waals surface area contributed by atoms with E-state index in [1.807, 2.05) is 6.92 Å². The minimum absolute atomic E-state index is 0.0642. The van der Waals surface area contributed by atoms with Gasteiger partial charge in [0.1, 0.15) is 18.0 Å². The summed E-state index contributed by atoms with van der Waals surface area (Å²) in [4.78, 5) is 11.8. The molecule has 0 aromatic rings. The Morgan fingerprint density at radius 1 is 1.24 bits per heavy atom. The van der Waals surface area contributed by atoms with Crippen LogP contribution in [-0.2, 0) is 9.53 Å². The van der Waals surface area contributed by atoms with Crippen molar-refractivity contribution in [3.05, 3.63) is 11.3 Å². The highest BCUT2D eigenvalue weighted by atomic mass is 16.5. The largest absolute Gasteiger partial charge is 0.489 e. The lowest BCUT2D eigenvalue weighted by Gasteiger charge is -2.35. The number of Topliss-reactive ketones (excluding diaryl/α,β-unsaturated/α-hetero) is 1. The summed E-state index contributed by atoms with van der Waals surface area (Å²) in [6.45, 7) is 1.93. The quantitative estimate of drug-likeness (QED) is 0.691. The number of hydrogen-bond donors (Lipinski definition) is 3. The van der Waals surface area contributed by atoms with Crippen LogP contribution in [0, 0.1) is 0 Å². The highest BCUT2D eigenvalue weighted by Crippen LogP contribution is 2.34. The van der Waals surface area contributed by atoms with E-state index in [2.05, 4.69) is 0 Å². The first-order valence-corrected chi connectivity index (χ1v) is 8.00. The minimum atomic E-state index is -0.713. The van der Waals surface area contributed by atoms with Gasteiger partial charge in [-0.15, -0.1) is 0 Å². The molecule has 0 spiro atoms. The van der Waals surface area contributed by atoms with E-state index in [0.29, 0.717) is 49.9 Å². The average Bonchev–Trinajstić information content (AvgIpc) is 2.50. The van der Waals surface area contributed by atoms with E-state index in [-0.39, 0.29) is 18.0 Å². The molecule has 0 radical (unpaired) electrons. The van der Waals surface area contributed by atoms with Crippen molar-refractivity contribution in [1.82, 2.24) is 0 Å². The van der Waals surface area contributed by atoms with Crippen LogP contribution >= 0.6 is 0 Å². The summed E-state index contributed by atoms with van der Waals surface area (Å²) in [5.74, 6) is 0.449. The first-order valence-electron chi connectivity index (χ1n) is 8.00. The number of carbonyl (C=O) groups is 1. The van der Waals surface area contributed by atoms with Gasteiger partial charge in [-0.1, -0.05) is 6.92 Å². The summed E-state index contributed by atoms with van der Waals surface area (Å²) >= 11 is 0. The van der Waals surface area contributed by atoms with Gasteiger partial charge in [-0.3, -0.25) is 4.79 Å². The number of allylic oxidation sites excluding steroid dienone is 1. The number of aliphatic hydroxyl groups excluding tert-OH is 3. The Morgan fingerprint density at radius 2 is 2.00 bits per heavy atom. The maximum absolute atomic E-state index is 11.8. The van der Waals surface area contributed by atoms with Gasteiger partial charge in [0.15, 0.2) is 5.78 Å². The zero-order valence-corrected chi connectivity index (χ0v) is 12.6. The molecule has 0 bridgehead atoms. The second-order valence-corrected chi connectivity index (χ2v) is 6.08. The molecule has 1 aliphatic heterocycles. The third kappa shape index (κ3) is 4.05. The Hall–Kier alpha value is -0.910. The summed E-state index contributed by atoms with van der Waals surface area (Å²) in [6, 6.07) is 0. The van der Waals surface area contributed by atoms with Gasteiger partial charge >= 0.3 is 0 Å². The zero-order chi connectivity index (χ0) is 15.4. The number of hydrogen-bond acceptors (Lipinski definition) is 5. The maximum Gasteiger partial charge on any atom is 0.162 e. The van der Waals surface area contributed by atoms with Crippen LogP contribution in [-0.4, -0.2) is 45.5 Å². The van der Waals surface area contributed by atoms with Crippen molar-refractivity contribution < 1.29 is 24.9 Å². The van der Waals surface area contributed by atoms with Crippen molar-refractivity contribution >= 4 is 5.78 Å². The molecule has 2 rings (SSSR count). The summed E-state index contributed by atoms with van der Waals surface area (Å²) in [5, 5.41) is 29.7. The average molecular weight is 298 g/mol. The van der Waals surface area contributed by atoms with E-state index in [4.69, 9.17) is 4.74 Å². The second-order valence-electron chi connectivity index (χ2n) is 6.08. The monoisotopic (exact) mass is 298 g/mol. The minimum Gasteiger partial charge on any atom is -0.489 e. The molecule has 2 aliphatic rings. The molecule has 0 amide bonds. The maximum atomic E-state index is 11.8. The van der Waals surface area contributed by atoms with Gasteiger partial charge in [0.25, 0.3) is 0 Å². The van der Waals surface area contributed by atoms with Gasteiger partial charge in [-0.25, -0.2) is 0 Å². The standard InChI is InChI=1S/C16H26O5/c1-2-10(17)4-3-5-13(19)15-9-6-11-12(18)7-8-14(20)16(11)21-15/h10,13-15,17,19-20H,2-9H2,1H3/t10?,13-,14+,15-/m0/s1. The Morgan fingerprint density at radius 3 is 2.71 bits per heavy atom. The molecule has 3 N–H and O–H groups in total. The van der Waals surface area contributed by atoms with E-state index in [1.54, 1.807) is 0 Å². The van der Waals surface area contributed by atoms with Crippen molar-refractivity contribution in [3.8, 4) is 0 Å². The number of carbonyl (C=O) groups excluding carboxylic acids is 1. The number of rotatable bonds is 6. The highest BCUT2D eigenvalue weighted by molar-refractivity contribution is 5.97. The topological polar surface area (TPSA) is 87.0 Å². The third-order valence-corrected chi connectivity index (χ3v) is 4.48. The molecule has 0 aromatic heterocycles. The fraction of sp³-hybridized carbons (Fsp3) is 0.812. The predicted molar refractivity (Wildman–Crippen MR) is 77.5 cm³/mol. The SMILES string of the molecule is CCC(O)CCC[C@H](O)[C@@H]1CCC2=C(O1)[C@H](O)CCC2=O. The summed E-state index contributed by atoms with van der Waals surface area (Å²) < 4.78 is 5.71. The molecule has 5 nitrogen and oxygen atoms in total. The van der Waals surface area contributed by atoms with Crippen molar-refractivity contribution in [2.45, 2.75) is 82.7 Å². The van der Waals surface area contributed by atoms with Crippen LogP contribution < -0.4 is 0 Å². The molecule has 5 heteroatoms. The van der Waals surface area contributed by atoms with E-state index >= 15 is 0 Å². The molecule has 0 saturated carbocycles. The Labute approximate surface area is 125 Å². The van der Waals surface area contributed by atoms with Gasteiger partial charge in [0.2, 0.25) is 0 Å². The second kappa shape index (κ2) is 7.38. The van der Waals surface area contributed by atoms with Crippen LogP contribution in [0.5, 0.6) is 0 Å². The van der Waals surface area contributed by atoms with Crippen LogP contribution in [0.2, 0.25) is 0 Å². The first kappa shape index (κ1) is 16.5. The number of ketones is 1. The Kier molecular flexibility index (Phi) is 5.79. The summed E-state index contributed by atoms with van der Waals surface area (Å²) in [6.07, 6.45) is 2.67. The lowest BCUT2D eigenvalue weighted by Crippen LogP contribution is -2.37. The molecule has 1 heterocycles. The molecule has 4 atom stereocenters. The van der Waals surface area contributed by atoms with Crippen LogP contribution in [0.3, 0.4) is 0 Å². The van der Waals surface area contributed by atoms with Gasteiger partial charge in [0.05, 0.1) is 12.2 Å². The molecule has 0 saturated heterocycles. The molecule has 1 unspecified atom stereocenters. The van der Waals surface area contributed by atoms with Gasteiger partial charge < -0.3 is 20.1 Å². The molecule has 0 fully saturated rings. The lowest BCUT2D eigenvalue weighted by atomic mass is 9.87. The van der Waals surface area contributed by atoms with Crippen LogP contribution in [0.25, 0.3) is 0 Å². The van der Waals surface area contributed by atoms with Crippen molar-refractivity contribution in [3.63, 3.8) is 0 Å². The first-order chi connectivity index (χ1) is 10.0. The van der Waals surface area contributed by atoms with Gasteiger partial charge in [-0.2, -0.15) is 0 Å². The summed E-state index contributed by atoms with van der Waals surface area (Å²) in [7, 11) is 0. The molecule has 21 heavy (non-hydrogen) atoms. The number of ether oxygens (including phenoxy) is 1. The van der Waals surface area contributed by atoms with E-state index in [9.17, 15) is 20.1 Å². The van der Waals surface area contributed by atoms with E-state index in [1.165, 1.54) is 0 Å². The fourth-order valence-corrected chi connectivity index (χ4v) is 3.03. The fourth-order valence-electron chi connectivity index (χ4n) is 3.03. The number of aliphatic hydroxyl groups is 3. The van der Waals surface area contributed by atoms with Crippen LogP contribution in [0.1, 0.15) is 58.3 Å². The normalized spacial score (nSPS) is 28.9. The third-order valence-electron chi connectivity index (χ3n) is 4.48.